The van der Waals surface area contributed by atoms with Crippen molar-refractivity contribution < 1.29 is 0 Å². The zero-order valence-corrected chi connectivity index (χ0v) is 9.87. The number of thiocarbonyl (C=S) groups is 1. The fraction of sp³-hybridized carbons (Fsp3) is 0.636. The van der Waals surface area contributed by atoms with Gasteiger partial charge in [0.05, 0.1) is 0 Å². The fourth-order valence-corrected chi connectivity index (χ4v) is 2.76. The molecule has 0 saturated heterocycles. The van der Waals surface area contributed by atoms with E-state index in [-0.39, 0.29) is 5.92 Å². The molecule has 1 heterocycles. The van der Waals surface area contributed by atoms with Crippen LogP contribution in [0.1, 0.15) is 32.6 Å². The summed E-state index contributed by atoms with van der Waals surface area (Å²) in [5.74, 6) is 0.797. The van der Waals surface area contributed by atoms with Crippen LogP contribution in [0, 0.1) is 11.8 Å². The van der Waals surface area contributed by atoms with Crippen LogP contribution < -0.4 is 0 Å². The smallest absolute Gasteiger partial charge is 0.114 e. The first kappa shape index (κ1) is 10.3. The van der Waals surface area contributed by atoms with Gasteiger partial charge in [0.2, 0.25) is 0 Å². The van der Waals surface area contributed by atoms with Gasteiger partial charge in [-0.25, -0.2) is 4.99 Å². The van der Waals surface area contributed by atoms with E-state index < -0.39 is 0 Å². The van der Waals surface area contributed by atoms with E-state index >= 15 is 0 Å². The number of hydrogen-bond donors (Lipinski definition) is 0. The molecule has 0 amide bonds. The van der Waals surface area contributed by atoms with Crippen LogP contribution in [0.5, 0.6) is 0 Å². The summed E-state index contributed by atoms with van der Waals surface area (Å²) < 4.78 is 0. The van der Waals surface area contributed by atoms with Crippen molar-refractivity contribution in [1.82, 2.24) is 0 Å². The minimum atomic E-state index is 0.146. The van der Waals surface area contributed by atoms with Crippen LogP contribution in [0.4, 0.5) is 0 Å². The van der Waals surface area contributed by atoms with Gasteiger partial charge in [-0.2, -0.15) is 0 Å². The van der Waals surface area contributed by atoms with E-state index in [1.807, 2.05) is 13.1 Å². The Hall–Kier alpha value is -0.210. The summed E-state index contributed by atoms with van der Waals surface area (Å²) in [4.78, 5) is 5.23. The highest BCUT2D eigenvalue weighted by Gasteiger charge is 2.28. The van der Waals surface area contributed by atoms with Crippen LogP contribution in [0.2, 0.25) is 0 Å². The highest BCUT2D eigenvalue weighted by molar-refractivity contribution is 7.81. The molecular formula is C11H14ClNS. The van der Waals surface area contributed by atoms with E-state index in [1.165, 1.54) is 31.3 Å². The van der Waals surface area contributed by atoms with Crippen molar-refractivity contribution in [3.05, 3.63) is 11.8 Å². The SMILES string of the molecule is CC1C(=S)C(C2CCCC2)=CN=C1Cl. The summed E-state index contributed by atoms with van der Waals surface area (Å²) in [5.41, 5.74) is 1.27. The third-order valence-electron chi connectivity index (χ3n) is 3.16. The Balaban J connectivity index is 2.22. The topological polar surface area (TPSA) is 12.4 Å². The molecule has 1 unspecified atom stereocenters. The lowest BCUT2D eigenvalue weighted by atomic mass is 9.89. The summed E-state index contributed by atoms with van der Waals surface area (Å²) >= 11 is 11.4. The number of nitrogens with zero attached hydrogens (tertiary/aromatic N) is 1. The molecule has 1 aliphatic carbocycles. The average Bonchev–Trinajstić information content (AvgIpc) is 2.67. The molecule has 2 aliphatic rings. The van der Waals surface area contributed by atoms with E-state index in [9.17, 15) is 0 Å². The van der Waals surface area contributed by atoms with Crippen LogP contribution in [-0.2, 0) is 0 Å². The molecule has 1 saturated carbocycles. The van der Waals surface area contributed by atoms with Gasteiger partial charge in [-0.1, -0.05) is 43.6 Å². The van der Waals surface area contributed by atoms with Crippen LogP contribution in [-0.4, -0.2) is 10.0 Å². The molecule has 1 atom stereocenters. The zero-order chi connectivity index (χ0) is 10.1. The third-order valence-corrected chi connectivity index (χ3v) is 4.17. The maximum Gasteiger partial charge on any atom is 0.114 e. The molecule has 2 rings (SSSR count). The van der Waals surface area contributed by atoms with Crippen LogP contribution >= 0.6 is 23.8 Å². The Bertz CT molecular complexity index is 313. The summed E-state index contributed by atoms with van der Waals surface area (Å²) in [6, 6.07) is 0. The van der Waals surface area contributed by atoms with Gasteiger partial charge in [0.1, 0.15) is 5.17 Å². The van der Waals surface area contributed by atoms with E-state index in [0.717, 1.165) is 4.86 Å². The second kappa shape index (κ2) is 4.11. The van der Waals surface area contributed by atoms with Crippen molar-refractivity contribution in [2.45, 2.75) is 32.6 Å². The largest absolute Gasteiger partial charge is 0.248 e. The number of rotatable bonds is 1. The number of halogens is 1. The monoisotopic (exact) mass is 227 g/mol. The number of aliphatic imine (C=N–C) groups is 1. The highest BCUT2D eigenvalue weighted by Crippen LogP contribution is 2.35. The first-order chi connectivity index (χ1) is 6.70. The Morgan fingerprint density at radius 3 is 2.71 bits per heavy atom. The summed E-state index contributed by atoms with van der Waals surface area (Å²) in [7, 11) is 0. The number of allylic oxidation sites excluding steroid dienone is 1. The average molecular weight is 228 g/mol. The van der Waals surface area contributed by atoms with Gasteiger partial charge in [-0.15, -0.1) is 0 Å². The predicted octanol–water partition coefficient (Wildman–Crippen LogP) is 3.72. The minimum absolute atomic E-state index is 0.146. The Morgan fingerprint density at radius 2 is 2.07 bits per heavy atom. The molecule has 76 valence electrons. The summed E-state index contributed by atoms with van der Waals surface area (Å²) in [6.07, 6.45) is 7.09. The van der Waals surface area contributed by atoms with Gasteiger partial charge >= 0.3 is 0 Å². The lowest BCUT2D eigenvalue weighted by Crippen LogP contribution is -2.23. The molecule has 0 radical (unpaired) electrons. The molecule has 3 heteroatoms. The predicted molar refractivity (Wildman–Crippen MR) is 65.1 cm³/mol. The van der Waals surface area contributed by atoms with E-state index in [4.69, 9.17) is 23.8 Å². The van der Waals surface area contributed by atoms with E-state index in [0.29, 0.717) is 11.1 Å². The van der Waals surface area contributed by atoms with Crippen LogP contribution in [0.25, 0.3) is 0 Å². The molecule has 0 N–H and O–H groups in total. The van der Waals surface area contributed by atoms with Gasteiger partial charge in [0, 0.05) is 17.0 Å². The van der Waals surface area contributed by atoms with Gasteiger partial charge in [0.15, 0.2) is 0 Å². The molecular weight excluding hydrogens is 214 g/mol. The van der Waals surface area contributed by atoms with Gasteiger partial charge in [-0.3, -0.25) is 0 Å². The Labute approximate surface area is 95.2 Å². The van der Waals surface area contributed by atoms with Crippen molar-refractivity contribution in [1.29, 1.82) is 0 Å². The molecule has 0 aromatic carbocycles. The third kappa shape index (κ3) is 1.78. The molecule has 1 nitrogen and oxygen atoms in total. The maximum absolute atomic E-state index is 5.95. The second-order valence-corrected chi connectivity index (χ2v) is 4.93. The highest BCUT2D eigenvalue weighted by atomic mass is 35.5. The molecule has 0 aromatic rings. The Morgan fingerprint density at radius 1 is 1.43 bits per heavy atom. The molecule has 0 aromatic heterocycles. The van der Waals surface area contributed by atoms with Crippen LogP contribution in [0.3, 0.4) is 0 Å². The van der Waals surface area contributed by atoms with Gasteiger partial charge in [-0.05, 0) is 24.3 Å². The molecule has 0 bridgehead atoms. The zero-order valence-electron chi connectivity index (χ0n) is 8.29. The fourth-order valence-electron chi connectivity index (χ4n) is 2.21. The van der Waals surface area contributed by atoms with Crippen molar-refractivity contribution in [3.63, 3.8) is 0 Å². The van der Waals surface area contributed by atoms with Crippen LogP contribution in [0.15, 0.2) is 16.8 Å². The van der Waals surface area contributed by atoms with Crippen molar-refractivity contribution in [2.24, 2.45) is 16.8 Å². The summed E-state index contributed by atoms with van der Waals surface area (Å²) in [6.45, 7) is 2.04. The molecule has 1 aliphatic heterocycles. The first-order valence-corrected chi connectivity index (χ1v) is 5.96. The van der Waals surface area contributed by atoms with E-state index in [1.54, 1.807) is 0 Å². The standard InChI is InChI=1S/C11H14ClNS/c1-7-10(14)9(6-13-11(7)12)8-4-2-3-5-8/h6-8H,2-5H2,1H3. The quantitative estimate of drug-likeness (QED) is 0.622. The second-order valence-electron chi connectivity index (χ2n) is 4.10. The number of hydrogen-bond acceptors (Lipinski definition) is 2. The lowest BCUT2D eigenvalue weighted by molar-refractivity contribution is 0.660. The summed E-state index contributed by atoms with van der Waals surface area (Å²) in [5, 5.41) is 0.636. The lowest BCUT2D eigenvalue weighted by Gasteiger charge is -2.22. The van der Waals surface area contributed by atoms with Gasteiger partial charge in [0.25, 0.3) is 0 Å². The minimum Gasteiger partial charge on any atom is -0.248 e. The molecule has 1 fully saturated rings. The van der Waals surface area contributed by atoms with Crippen molar-refractivity contribution >= 4 is 33.9 Å². The van der Waals surface area contributed by atoms with Crippen molar-refractivity contribution in [2.75, 3.05) is 0 Å². The van der Waals surface area contributed by atoms with E-state index in [2.05, 4.69) is 4.99 Å². The Kier molecular flexibility index (Phi) is 3.03. The maximum atomic E-state index is 5.95. The van der Waals surface area contributed by atoms with Gasteiger partial charge < -0.3 is 0 Å². The molecule has 0 spiro atoms. The normalized spacial score (nSPS) is 29.0. The molecule has 14 heavy (non-hydrogen) atoms. The first-order valence-electron chi connectivity index (χ1n) is 5.17. The van der Waals surface area contributed by atoms with Crippen molar-refractivity contribution in [3.8, 4) is 0 Å².